The van der Waals surface area contributed by atoms with Gasteiger partial charge >= 0.3 is 0 Å². The number of para-hydroxylation sites is 2. The maximum atomic E-state index is 6.20. The molecular weight excluding hydrogens is 603 g/mol. The van der Waals surface area contributed by atoms with Gasteiger partial charge in [0.05, 0.1) is 16.7 Å². The van der Waals surface area contributed by atoms with Gasteiger partial charge in [-0.1, -0.05) is 78.9 Å². The number of fused-ring (bicyclic) bond motifs is 13. The molecule has 0 fully saturated rings. The predicted octanol–water partition coefficient (Wildman–Crippen LogP) is 11.9. The van der Waals surface area contributed by atoms with Crippen LogP contribution in [0.2, 0.25) is 0 Å². The van der Waals surface area contributed by atoms with E-state index in [0.29, 0.717) is 5.95 Å². The summed E-state index contributed by atoms with van der Waals surface area (Å²) >= 11 is 3.57. The van der Waals surface area contributed by atoms with Crippen LogP contribution in [0.25, 0.3) is 101 Å². The number of benzene rings is 6. The summed E-state index contributed by atoms with van der Waals surface area (Å²) in [5.74, 6) is 0.681. The molecule has 11 rings (SSSR count). The molecule has 4 nitrogen and oxygen atoms in total. The Kier molecular flexibility index (Phi) is 4.84. The van der Waals surface area contributed by atoms with E-state index in [9.17, 15) is 0 Å². The first kappa shape index (κ1) is 24.7. The molecule has 0 atom stereocenters. The molecule has 0 saturated carbocycles. The molecule has 11 aromatic rings. The largest absolute Gasteiger partial charge is 0.456 e. The molecule has 0 aliphatic rings. The smallest absolute Gasteiger partial charge is 0.236 e. The Hall–Kier alpha value is -5.56. The Bertz CT molecular complexity index is 3050. The fraction of sp³-hybridized carbons (Fsp3) is 0. The van der Waals surface area contributed by atoms with Crippen molar-refractivity contribution in [3.05, 3.63) is 127 Å². The Labute approximate surface area is 269 Å². The molecule has 0 amide bonds. The zero-order valence-electron chi connectivity index (χ0n) is 24.2. The van der Waals surface area contributed by atoms with E-state index in [1.54, 1.807) is 11.3 Å². The van der Waals surface area contributed by atoms with Crippen LogP contribution < -0.4 is 0 Å². The Balaban J connectivity index is 1.31. The van der Waals surface area contributed by atoms with Gasteiger partial charge in [0.25, 0.3) is 0 Å². The van der Waals surface area contributed by atoms with Crippen LogP contribution in [-0.4, -0.2) is 14.5 Å². The SMILES string of the molecule is c1ccc2c(c1)oc1ccc(-c3nc(-n4c5ccccc5c5ccc6sc7ccccc7c6c54)nc4sc5ccccc5c34)cc12. The number of hydrogen-bond acceptors (Lipinski definition) is 5. The minimum atomic E-state index is 0.681. The van der Waals surface area contributed by atoms with Crippen LogP contribution in [0.3, 0.4) is 0 Å². The lowest BCUT2D eigenvalue weighted by molar-refractivity contribution is 0.669. The van der Waals surface area contributed by atoms with Crippen molar-refractivity contribution in [3.8, 4) is 17.2 Å². The van der Waals surface area contributed by atoms with Crippen LogP contribution in [-0.2, 0) is 0 Å². The van der Waals surface area contributed by atoms with Crippen molar-refractivity contribution in [2.24, 2.45) is 0 Å². The van der Waals surface area contributed by atoms with Crippen molar-refractivity contribution < 1.29 is 4.42 Å². The molecule has 0 unspecified atom stereocenters. The molecule has 5 heterocycles. The van der Waals surface area contributed by atoms with Gasteiger partial charge in [-0.15, -0.1) is 22.7 Å². The summed E-state index contributed by atoms with van der Waals surface area (Å²) in [6.07, 6.45) is 0. The van der Waals surface area contributed by atoms with Gasteiger partial charge < -0.3 is 4.42 Å². The molecule has 0 N–H and O–H groups in total. The van der Waals surface area contributed by atoms with Crippen LogP contribution in [0, 0.1) is 0 Å². The van der Waals surface area contributed by atoms with E-state index >= 15 is 0 Å². The van der Waals surface area contributed by atoms with Crippen molar-refractivity contribution in [3.63, 3.8) is 0 Å². The third kappa shape index (κ3) is 3.27. The number of thiophene rings is 2. The molecule has 46 heavy (non-hydrogen) atoms. The van der Waals surface area contributed by atoms with Gasteiger partial charge in [0.15, 0.2) is 0 Å². The molecule has 6 aromatic carbocycles. The highest BCUT2D eigenvalue weighted by molar-refractivity contribution is 7.26. The zero-order chi connectivity index (χ0) is 29.9. The lowest BCUT2D eigenvalue weighted by Gasteiger charge is -2.11. The lowest BCUT2D eigenvalue weighted by Crippen LogP contribution is -2.02. The molecule has 0 bridgehead atoms. The van der Waals surface area contributed by atoms with Gasteiger partial charge in [0.2, 0.25) is 5.95 Å². The average Bonchev–Trinajstić information content (AvgIpc) is 3.85. The van der Waals surface area contributed by atoms with Gasteiger partial charge in [0.1, 0.15) is 16.0 Å². The molecule has 214 valence electrons. The summed E-state index contributed by atoms with van der Waals surface area (Å²) in [5, 5.41) is 9.37. The van der Waals surface area contributed by atoms with E-state index in [2.05, 4.69) is 120 Å². The Morgan fingerprint density at radius 2 is 1.20 bits per heavy atom. The molecule has 0 saturated heterocycles. The minimum absolute atomic E-state index is 0.681. The summed E-state index contributed by atoms with van der Waals surface area (Å²) < 4.78 is 12.2. The highest BCUT2D eigenvalue weighted by Crippen LogP contribution is 2.44. The number of rotatable bonds is 2. The Morgan fingerprint density at radius 3 is 2.07 bits per heavy atom. The fourth-order valence-corrected chi connectivity index (χ4v) is 9.45. The van der Waals surface area contributed by atoms with Crippen LogP contribution in [0.15, 0.2) is 132 Å². The minimum Gasteiger partial charge on any atom is -0.456 e. The van der Waals surface area contributed by atoms with Crippen molar-refractivity contribution in [2.75, 3.05) is 0 Å². The summed E-state index contributed by atoms with van der Waals surface area (Å²) in [4.78, 5) is 11.9. The molecule has 6 heteroatoms. The monoisotopic (exact) mass is 623 g/mol. The number of aromatic nitrogens is 3. The molecule has 0 radical (unpaired) electrons. The van der Waals surface area contributed by atoms with Crippen molar-refractivity contribution >= 4 is 107 Å². The van der Waals surface area contributed by atoms with E-state index in [1.165, 1.54) is 41.0 Å². The second-order valence-corrected chi connectivity index (χ2v) is 13.9. The Morgan fingerprint density at radius 1 is 0.500 bits per heavy atom. The van der Waals surface area contributed by atoms with Crippen molar-refractivity contribution in [2.45, 2.75) is 0 Å². The van der Waals surface area contributed by atoms with Gasteiger partial charge in [-0.2, -0.15) is 0 Å². The lowest BCUT2D eigenvalue weighted by atomic mass is 10.0. The number of hydrogen-bond donors (Lipinski definition) is 0. The van der Waals surface area contributed by atoms with E-state index in [1.807, 2.05) is 23.5 Å². The summed E-state index contributed by atoms with van der Waals surface area (Å²) in [5.41, 5.74) is 5.99. The van der Waals surface area contributed by atoms with E-state index in [4.69, 9.17) is 14.4 Å². The van der Waals surface area contributed by atoms with Crippen LogP contribution in [0.5, 0.6) is 0 Å². The topological polar surface area (TPSA) is 43.9 Å². The molecular formula is C40H21N3OS2. The highest BCUT2D eigenvalue weighted by Gasteiger charge is 2.23. The summed E-state index contributed by atoms with van der Waals surface area (Å²) in [6, 6.07) is 45.1. The maximum absolute atomic E-state index is 6.20. The first-order valence-corrected chi connectivity index (χ1v) is 16.9. The van der Waals surface area contributed by atoms with E-state index in [0.717, 1.165) is 54.4 Å². The van der Waals surface area contributed by atoms with Gasteiger partial charge in [-0.25, -0.2) is 9.97 Å². The van der Waals surface area contributed by atoms with Gasteiger partial charge in [0, 0.05) is 62.8 Å². The molecule has 0 spiro atoms. The third-order valence-electron chi connectivity index (χ3n) is 9.25. The summed E-state index contributed by atoms with van der Waals surface area (Å²) in [6.45, 7) is 0. The van der Waals surface area contributed by atoms with E-state index in [-0.39, 0.29) is 0 Å². The zero-order valence-corrected chi connectivity index (χ0v) is 25.8. The van der Waals surface area contributed by atoms with Gasteiger partial charge in [-0.3, -0.25) is 4.57 Å². The molecule has 0 aliphatic carbocycles. The average molecular weight is 624 g/mol. The van der Waals surface area contributed by atoms with Crippen molar-refractivity contribution in [1.82, 2.24) is 14.5 Å². The molecule has 5 aromatic heterocycles. The highest BCUT2D eigenvalue weighted by atomic mass is 32.1. The van der Waals surface area contributed by atoms with Gasteiger partial charge in [-0.05, 0) is 48.5 Å². The fourth-order valence-electron chi connectivity index (χ4n) is 7.27. The summed E-state index contributed by atoms with van der Waals surface area (Å²) in [7, 11) is 0. The van der Waals surface area contributed by atoms with Crippen molar-refractivity contribution in [1.29, 1.82) is 0 Å². The quantitative estimate of drug-likeness (QED) is 0.192. The first-order valence-electron chi connectivity index (χ1n) is 15.2. The first-order chi connectivity index (χ1) is 22.8. The van der Waals surface area contributed by atoms with E-state index < -0.39 is 0 Å². The molecule has 0 aliphatic heterocycles. The predicted molar refractivity (Wildman–Crippen MR) is 195 cm³/mol. The maximum Gasteiger partial charge on any atom is 0.236 e. The van der Waals surface area contributed by atoms with Crippen LogP contribution >= 0.6 is 22.7 Å². The van der Waals surface area contributed by atoms with Crippen LogP contribution in [0.4, 0.5) is 0 Å². The number of furan rings is 1. The normalized spacial score (nSPS) is 12.3. The van der Waals surface area contributed by atoms with Crippen LogP contribution in [0.1, 0.15) is 0 Å². The number of nitrogens with zero attached hydrogens (tertiary/aromatic N) is 3. The third-order valence-corrected chi connectivity index (χ3v) is 11.5. The standard InChI is InChI=1S/C40H21N3OS2/c1-5-13-29-23(9-1)25-18-20-34-35(26-11-3-7-15-32(26)45-34)38(25)43(29)40-41-37(36-27-12-4-8-16-33(27)46-39(36)42-40)22-17-19-31-28(21-22)24-10-2-6-14-30(24)44-31/h1-21H. The second-order valence-electron chi connectivity index (χ2n) is 11.7. The second kappa shape index (κ2) is 9.01.